The summed E-state index contributed by atoms with van der Waals surface area (Å²) in [4.78, 5) is 29.0. The van der Waals surface area contributed by atoms with Crippen LogP contribution in [0.2, 0.25) is 5.02 Å². The van der Waals surface area contributed by atoms with E-state index in [9.17, 15) is 49.8 Å². The number of hydrogen-bond donors (Lipinski definition) is 3. The van der Waals surface area contributed by atoms with Gasteiger partial charge in [-0.15, -0.1) is 0 Å². The molecule has 1 aliphatic rings. The summed E-state index contributed by atoms with van der Waals surface area (Å²) in [6.07, 6.45) is -11.6. The van der Waals surface area contributed by atoms with Crippen molar-refractivity contribution in [3.05, 3.63) is 46.5 Å². The van der Waals surface area contributed by atoms with E-state index in [2.05, 4.69) is 15.4 Å². The van der Waals surface area contributed by atoms with Crippen LogP contribution in [0.15, 0.2) is 24.5 Å². The molecule has 216 valence electrons. The number of rotatable bonds is 4. The summed E-state index contributed by atoms with van der Waals surface area (Å²) in [5.74, 6) is -4.76. The van der Waals surface area contributed by atoms with Crippen LogP contribution < -0.4 is 11.1 Å². The van der Waals surface area contributed by atoms with Crippen molar-refractivity contribution >= 4 is 34.7 Å². The number of likely N-dealkylation sites (tertiary alicyclic amines) is 1. The highest BCUT2D eigenvalue weighted by atomic mass is 35.5. The number of nitrogens with zero attached hydrogens (tertiary/aromatic N) is 4. The van der Waals surface area contributed by atoms with Gasteiger partial charge in [0.05, 0.1) is 34.4 Å². The molecule has 18 heteroatoms. The predicted molar refractivity (Wildman–Crippen MR) is 122 cm³/mol. The van der Waals surface area contributed by atoms with Gasteiger partial charge in [-0.1, -0.05) is 11.6 Å². The van der Waals surface area contributed by atoms with E-state index in [1.807, 2.05) is 0 Å². The van der Waals surface area contributed by atoms with E-state index in [4.69, 9.17) is 17.3 Å². The van der Waals surface area contributed by atoms with E-state index in [1.54, 1.807) is 0 Å². The summed E-state index contributed by atoms with van der Waals surface area (Å²) in [5.41, 5.74) is -1.83. The second-order valence-corrected chi connectivity index (χ2v) is 9.44. The van der Waals surface area contributed by atoms with Crippen LogP contribution >= 0.6 is 11.6 Å². The van der Waals surface area contributed by atoms with Crippen LogP contribution in [0.25, 0.3) is 16.8 Å². The van der Waals surface area contributed by atoms with Gasteiger partial charge in [-0.2, -0.15) is 31.4 Å². The molecule has 0 radical (unpaired) electrons. The van der Waals surface area contributed by atoms with E-state index in [0.29, 0.717) is 21.5 Å². The van der Waals surface area contributed by atoms with Crippen molar-refractivity contribution in [3.8, 4) is 11.3 Å². The van der Waals surface area contributed by atoms with Gasteiger partial charge in [-0.3, -0.25) is 9.59 Å². The molecule has 0 saturated carbocycles. The Kier molecular flexibility index (Phi) is 7.11. The molecule has 9 nitrogen and oxygen atoms in total. The van der Waals surface area contributed by atoms with E-state index in [-0.39, 0.29) is 6.92 Å². The summed E-state index contributed by atoms with van der Waals surface area (Å²) in [6.45, 7) is -1.46. The fraction of sp³-hybridized carbons (Fsp3) is 0.364. The minimum Gasteiger partial charge on any atom is -0.382 e. The molecule has 2 aromatic heterocycles. The Morgan fingerprint density at radius 3 is 2.40 bits per heavy atom. The molecular weight excluding hydrogens is 584 g/mol. The SMILES string of the molecule is CC(O)(C(=O)N1C[C@H](F)[C@H](NC(=O)c2cc(-c3cc(C(F)(F)F)c4c(N)ncnn34)c(F)cc2Cl)C1)C(F)(F)F. The summed E-state index contributed by atoms with van der Waals surface area (Å²) in [7, 11) is 0. The summed E-state index contributed by atoms with van der Waals surface area (Å²) in [5, 5.41) is 14.9. The first-order chi connectivity index (χ1) is 18.3. The number of carbonyl (C=O) groups excluding carboxylic acids is 2. The number of fused-ring (bicyclic) bond motifs is 1. The molecule has 40 heavy (non-hydrogen) atoms. The van der Waals surface area contributed by atoms with Crippen molar-refractivity contribution in [2.45, 2.75) is 37.1 Å². The first-order valence-electron chi connectivity index (χ1n) is 11.1. The highest BCUT2D eigenvalue weighted by Crippen LogP contribution is 2.40. The number of amides is 2. The highest BCUT2D eigenvalue weighted by molar-refractivity contribution is 6.34. The second kappa shape index (κ2) is 9.72. The Bertz CT molecular complexity index is 1510. The molecule has 1 aromatic carbocycles. The summed E-state index contributed by atoms with van der Waals surface area (Å²) in [6, 6.07) is 0.343. The average molecular weight is 601 g/mol. The zero-order valence-corrected chi connectivity index (χ0v) is 20.7. The van der Waals surface area contributed by atoms with E-state index < -0.39 is 99.6 Å². The van der Waals surface area contributed by atoms with Crippen LogP contribution in [0.5, 0.6) is 0 Å². The van der Waals surface area contributed by atoms with Crippen LogP contribution in [0, 0.1) is 5.82 Å². The lowest BCUT2D eigenvalue weighted by molar-refractivity contribution is -0.249. The van der Waals surface area contributed by atoms with Crippen molar-refractivity contribution in [1.82, 2.24) is 24.8 Å². The van der Waals surface area contributed by atoms with Crippen molar-refractivity contribution in [2.75, 3.05) is 18.8 Å². The van der Waals surface area contributed by atoms with E-state index in [1.165, 1.54) is 0 Å². The lowest BCUT2D eigenvalue weighted by Crippen LogP contribution is -2.56. The minimum absolute atomic E-state index is 0.197. The third-order valence-electron chi connectivity index (χ3n) is 6.29. The number of carbonyl (C=O) groups is 2. The Labute approximate surface area is 223 Å². The van der Waals surface area contributed by atoms with Gasteiger partial charge in [0.25, 0.3) is 11.8 Å². The van der Waals surface area contributed by atoms with E-state index in [0.717, 1.165) is 12.4 Å². The molecule has 3 atom stereocenters. The molecule has 1 fully saturated rings. The Hall–Kier alpha value is -3.73. The smallest absolute Gasteiger partial charge is 0.382 e. The summed E-state index contributed by atoms with van der Waals surface area (Å²) >= 11 is 5.97. The zero-order chi connectivity index (χ0) is 29.9. The maximum Gasteiger partial charge on any atom is 0.426 e. The molecule has 1 saturated heterocycles. The van der Waals surface area contributed by atoms with Gasteiger partial charge in [0.2, 0.25) is 5.60 Å². The number of alkyl halides is 7. The molecule has 0 spiro atoms. The standard InChI is InChI=1S/C22H17ClF8N6O3/c1-20(40,22(29,30)31)19(39)36-5-13(25)14(6-36)35-18(38)8-2-9(12(24)4-11(8)23)15-3-10(21(26,27)28)16-17(32)33-7-34-37(15)16/h2-4,7,13-14,40H,5-6H2,1H3,(H,35,38)(H2,32,33,34)/t13-,14+,20?/m0/s1. The monoisotopic (exact) mass is 600 g/mol. The Morgan fingerprint density at radius 2 is 1.80 bits per heavy atom. The number of hydrogen-bond acceptors (Lipinski definition) is 6. The molecule has 0 aliphatic carbocycles. The van der Waals surface area contributed by atoms with Crippen molar-refractivity contribution in [2.24, 2.45) is 0 Å². The third kappa shape index (κ3) is 4.98. The van der Waals surface area contributed by atoms with Gasteiger partial charge in [0.15, 0.2) is 5.82 Å². The molecule has 1 unspecified atom stereocenters. The predicted octanol–water partition coefficient (Wildman–Crippen LogP) is 3.38. The molecular formula is C22H17ClF8N6O3. The lowest BCUT2D eigenvalue weighted by Gasteiger charge is -2.29. The van der Waals surface area contributed by atoms with Gasteiger partial charge >= 0.3 is 12.4 Å². The number of halogens is 9. The Morgan fingerprint density at radius 1 is 1.15 bits per heavy atom. The van der Waals surface area contributed by atoms with Gasteiger partial charge in [-0.05, 0) is 25.1 Å². The van der Waals surface area contributed by atoms with Crippen molar-refractivity contribution < 1.29 is 49.8 Å². The van der Waals surface area contributed by atoms with E-state index >= 15 is 0 Å². The van der Waals surface area contributed by atoms with Crippen LogP contribution in [-0.2, 0) is 11.0 Å². The second-order valence-electron chi connectivity index (χ2n) is 9.03. The molecule has 3 aromatic rings. The van der Waals surface area contributed by atoms with Crippen LogP contribution in [-0.4, -0.2) is 73.5 Å². The normalized spacial score (nSPS) is 19.6. The molecule has 1 aliphatic heterocycles. The zero-order valence-electron chi connectivity index (χ0n) is 19.9. The largest absolute Gasteiger partial charge is 0.426 e. The van der Waals surface area contributed by atoms with Gasteiger partial charge in [0, 0.05) is 12.1 Å². The topological polar surface area (TPSA) is 126 Å². The fourth-order valence-corrected chi connectivity index (χ4v) is 4.37. The number of nitrogen functional groups attached to an aromatic ring is 1. The maximum atomic E-state index is 14.9. The molecule has 4 rings (SSSR count). The molecule has 3 heterocycles. The number of aromatic nitrogens is 3. The molecule has 4 N–H and O–H groups in total. The van der Waals surface area contributed by atoms with Crippen molar-refractivity contribution in [1.29, 1.82) is 0 Å². The molecule has 2 amide bonds. The number of benzene rings is 1. The van der Waals surface area contributed by atoms with Gasteiger partial charge in [-0.25, -0.2) is 18.3 Å². The quantitative estimate of drug-likeness (QED) is 0.394. The van der Waals surface area contributed by atoms with Gasteiger partial charge in [0.1, 0.15) is 23.8 Å². The minimum atomic E-state index is -5.36. The third-order valence-corrected chi connectivity index (χ3v) is 6.60. The first-order valence-corrected chi connectivity index (χ1v) is 11.4. The van der Waals surface area contributed by atoms with Crippen LogP contribution in [0.4, 0.5) is 40.9 Å². The fourth-order valence-electron chi connectivity index (χ4n) is 4.14. The number of nitrogens with one attached hydrogen (secondary N) is 1. The Balaban J connectivity index is 1.66. The highest BCUT2D eigenvalue weighted by Gasteiger charge is 2.58. The maximum absolute atomic E-state index is 14.9. The molecule has 0 bridgehead atoms. The van der Waals surface area contributed by atoms with Gasteiger partial charge < -0.3 is 21.1 Å². The number of aliphatic hydroxyl groups is 1. The van der Waals surface area contributed by atoms with Crippen LogP contribution in [0.3, 0.4) is 0 Å². The lowest BCUT2D eigenvalue weighted by atomic mass is 10.1. The number of anilines is 1. The summed E-state index contributed by atoms with van der Waals surface area (Å²) < 4.78 is 110. The first kappa shape index (κ1) is 29.3. The number of nitrogens with two attached hydrogens (primary N) is 1. The van der Waals surface area contributed by atoms with Crippen LogP contribution in [0.1, 0.15) is 22.8 Å². The average Bonchev–Trinajstić information content (AvgIpc) is 3.39. The van der Waals surface area contributed by atoms with Crippen molar-refractivity contribution in [3.63, 3.8) is 0 Å².